The van der Waals surface area contributed by atoms with Crippen LogP contribution < -0.4 is 5.32 Å². The molecule has 3 unspecified atom stereocenters. The minimum Gasteiger partial charge on any atom is -0.462 e. The van der Waals surface area contributed by atoms with E-state index in [9.17, 15) is 19.8 Å². The van der Waals surface area contributed by atoms with Crippen molar-refractivity contribution in [3.8, 4) is 0 Å². The summed E-state index contributed by atoms with van der Waals surface area (Å²) in [5, 5.41) is 23.8. The molecule has 0 fully saturated rings. The van der Waals surface area contributed by atoms with E-state index in [0.29, 0.717) is 19.3 Å². The second-order valence-electron chi connectivity index (χ2n) is 18.0. The Balaban J connectivity index is 4.60. The SMILES string of the molecule is CC/C=C/C=C/C=C/CCCCCCCCCC(=O)OC(CCCCCCC/C=C/CCCCCCCC)CC(=O)NC(CO)C(O)CCCCCCCCCCCCCC. The van der Waals surface area contributed by atoms with Crippen LogP contribution in [0.1, 0.15) is 265 Å². The Morgan fingerprint density at radius 2 is 0.902 bits per heavy atom. The molecule has 356 valence electrons. The van der Waals surface area contributed by atoms with E-state index in [1.54, 1.807) is 0 Å². The van der Waals surface area contributed by atoms with Crippen molar-refractivity contribution in [1.82, 2.24) is 5.32 Å². The lowest BCUT2D eigenvalue weighted by molar-refractivity contribution is -0.151. The molecular formula is C55H101NO5. The van der Waals surface area contributed by atoms with E-state index in [2.05, 4.69) is 74.7 Å². The number of hydrogen-bond donors (Lipinski definition) is 3. The lowest BCUT2D eigenvalue weighted by atomic mass is 10.0. The number of aliphatic hydroxyl groups excluding tert-OH is 2. The molecule has 3 N–H and O–H groups in total. The van der Waals surface area contributed by atoms with Crippen LogP contribution in [-0.4, -0.2) is 46.9 Å². The number of amides is 1. The number of nitrogens with one attached hydrogen (secondary N) is 1. The van der Waals surface area contributed by atoms with Gasteiger partial charge in [0, 0.05) is 6.42 Å². The number of unbranched alkanes of at least 4 members (excludes halogenated alkanes) is 29. The van der Waals surface area contributed by atoms with Crippen molar-refractivity contribution in [2.45, 2.75) is 283 Å². The van der Waals surface area contributed by atoms with Gasteiger partial charge in [0.05, 0.1) is 25.2 Å². The smallest absolute Gasteiger partial charge is 0.306 e. The molecule has 1 amide bonds. The number of carbonyl (C=O) groups excluding carboxylic acids is 2. The number of rotatable bonds is 47. The molecule has 0 rings (SSSR count). The van der Waals surface area contributed by atoms with Crippen molar-refractivity contribution >= 4 is 11.9 Å². The van der Waals surface area contributed by atoms with Gasteiger partial charge in [-0.2, -0.15) is 0 Å². The minimum atomic E-state index is -0.791. The van der Waals surface area contributed by atoms with Crippen LogP contribution in [0.25, 0.3) is 0 Å². The summed E-state index contributed by atoms with van der Waals surface area (Å²) in [6.45, 7) is 6.35. The molecule has 0 aliphatic carbocycles. The summed E-state index contributed by atoms with van der Waals surface area (Å²) in [7, 11) is 0. The minimum absolute atomic E-state index is 0.0678. The second kappa shape index (κ2) is 48.8. The summed E-state index contributed by atoms with van der Waals surface area (Å²) < 4.78 is 5.94. The average molecular weight is 856 g/mol. The molecule has 0 aliphatic heterocycles. The van der Waals surface area contributed by atoms with Crippen LogP contribution in [0.4, 0.5) is 0 Å². The molecule has 0 radical (unpaired) electrons. The normalized spacial score (nSPS) is 13.6. The maximum atomic E-state index is 13.2. The molecule has 0 saturated heterocycles. The van der Waals surface area contributed by atoms with Gasteiger partial charge in [0.25, 0.3) is 0 Å². The quantitative estimate of drug-likeness (QED) is 0.0245. The third-order valence-electron chi connectivity index (χ3n) is 12.0. The molecular weight excluding hydrogens is 755 g/mol. The summed E-state index contributed by atoms with van der Waals surface area (Å²) >= 11 is 0. The Morgan fingerprint density at radius 1 is 0.492 bits per heavy atom. The van der Waals surface area contributed by atoms with Gasteiger partial charge in [0.2, 0.25) is 5.91 Å². The average Bonchev–Trinajstić information content (AvgIpc) is 3.25. The standard InChI is InChI=1S/C55H101NO5/c1-4-7-10-13-16-19-22-25-27-29-31-34-37-40-43-46-51(61-55(60)48-45-42-39-36-33-30-28-26-23-20-17-14-11-8-5-2)49-54(59)56-52(50-57)53(58)47-44-41-38-35-32-24-21-18-15-12-9-6-3/h8,11,14,17,20,23,25,27,51-53,57-58H,4-7,9-10,12-13,15-16,18-19,21-22,24,26,28-50H2,1-3H3,(H,56,59)/b11-8+,17-14+,23-20+,27-25+. The van der Waals surface area contributed by atoms with Crippen molar-refractivity contribution < 1.29 is 24.5 Å². The Labute approximate surface area is 378 Å². The number of esters is 1. The molecule has 0 aliphatic rings. The lowest BCUT2D eigenvalue weighted by Crippen LogP contribution is -2.46. The van der Waals surface area contributed by atoms with Crippen molar-refractivity contribution in [2.24, 2.45) is 0 Å². The maximum Gasteiger partial charge on any atom is 0.306 e. The first-order valence-corrected chi connectivity index (χ1v) is 26.4. The van der Waals surface area contributed by atoms with Crippen molar-refractivity contribution in [3.05, 3.63) is 48.6 Å². The molecule has 3 atom stereocenters. The van der Waals surface area contributed by atoms with Gasteiger partial charge in [-0.15, -0.1) is 0 Å². The fourth-order valence-corrected chi connectivity index (χ4v) is 7.96. The number of hydrogen-bond acceptors (Lipinski definition) is 5. The highest BCUT2D eigenvalue weighted by atomic mass is 16.5. The van der Waals surface area contributed by atoms with E-state index < -0.39 is 18.2 Å². The van der Waals surface area contributed by atoms with Crippen LogP contribution >= 0.6 is 0 Å². The Morgan fingerprint density at radius 3 is 1.38 bits per heavy atom. The number of carbonyl (C=O) groups is 2. The molecule has 6 heteroatoms. The van der Waals surface area contributed by atoms with Gasteiger partial charge >= 0.3 is 5.97 Å². The molecule has 0 saturated carbocycles. The van der Waals surface area contributed by atoms with Gasteiger partial charge in [0.15, 0.2) is 0 Å². The third kappa shape index (κ3) is 44.2. The van der Waals surface area contributed by atoms with E-state index in [1.165, 1.54) is 141 Å². The summed E-state index contributed by atoms with van der Waals surface area (Å²) in [6, 6.07) is -0.706. The van der Waals surface area contributed by atoms with Crippen LogP contribution in [0, 0.1) is 0 Å². The topological polar surface area (TPSA) is 95.9 Å². The first-order chi connectivity index (χ1) is 30.0. The fraction of sp³-hybridized carbons (Fsp3) is 0.818. The molecule has 0 aromatic carbocycles. The fourth-order valence-electron chi connectivity index (χ4n) is 7.96. The highest BCUT2D eigenvalue weighted by molar-refractivity contribution is 5.77. The van der Waals surface area contributed by atoms with Gasteiger partial charge in [-0.25, -0.2) is 0 Å². The molecule has 6 nitrogen and oxygen atoms in total. The molecule has 0 aromatic rings. The molecule has 0 heterocycles. The first kappa shape index (κ1) is 58.8. The van der Waals surface area contributed by atoms with Crippen LogP contribution in [-0.2, 0) is 14.3 Å². The summed E-state index contributed by atoms with van der Waals surface area (Å²) in [6.07, 6.45) is 58.8. The van der Waals surface area contributed by atoms with Crippen molar-refractivity contribution in [2.75, 3.05) is 6.61 Å². The zero-order valence-electron chi connectivity index (χ0n) is 40.5. The van der Waals surface area contributed by atoms with Gasteiger partial charge < -0.3 is 20.3 Å². The first-order valence-electron chi connectivity index (χ1n) is 26.4. The van der Waals surface area contributed by atoms with Crippen LogP contribution in [0.5, 0.6) is 0 Å². The van der Waals surface area contributed by atoms with Crippen LogP contribution in [0.15, 0.2) is 48.6 Å². The number of allylic oxidation sites excluding steroid dienone is 8. The highest BCUT2D eigenvalue weighted by Crippen LogP contribution is 2.18. The zero-order valence-corrected chi connectivity index (χ0v) is 40.5. The van der Waals surface area contributed by atoms with E-state index in [-0.39, 0.29) is 24.9 Å². The summed E-state index contributed by atoms with van der Waals surface area (Å²) in [4.78, 5) is 26.2. The molecule has 0 bridgehead atoms. The van der Waals surface area contributed by atoms with Crippen molar-refractivity contribution in [3.63, 3.8) is 0 Å². The van der Waals surface area contributed by atoms with Gasteiger partial charge in [-0.1, -0.05) is 230 Å². The van der Waals surface area contributed by atoms with Gasteiger partial charge in [-0.3, -0.25) is 9.59 Å². The second-order valence-corrected chi connectivity index (χ2v) is 18.0. The Bertz CT molecular complexity index is 1050. The summed E-state index contributed by atoms with van der Waals surface area (Å²) in [5.41, 5.74) is 0. The number of aliphatic hydroxyl groups is 2. The van der Waals surface area contributed by atoms with E-state index in [4.69, 9.17) is 4.74 Å². The summed E-state index contributed by atoms with van der Waals surface area (Å²) in [5.74, 6) is -0.489. The predicted molar refractivity (Wildman–Crippen MR) is 264 cm³/mol. The molecule has 0 spiro atoms. The monoisotopic (exact) mass is 856 g/mol. The zero-order chi connectivity index (χ0) is 44.5. The van der Waals surface area contributed by atoms with E-state index in [0.717, 1.165) is 77.0 Å². The van der Waals surface area contributed by atoms with E-state index in [1.807, 2.05) is 0 Å². The molecule has 0 aromatic heterocycles. The highest BCUT2D eigenvalue weighted by Gasteiger charge is 2.24. The molecule has 61 heavy (non-hydrogen) atoms. The Hall–Kier alpha value is -2.18. The van der Waals surface area contributed by atoms with E-state index >= 15 is 0 Å². The van der Waals surface area contributed by atoms with Gasteiger partial charge in [-0.05, 0) is 70.6 Å². The van der Waals surface area contributed by atoms with Crippen molar-refractivity contribution in [1.29, 1.82) is 0 Å². The Kier molecular flexibility index (Phi) is 47.1. The van der Waals surface area contributed by atoms with Crippen LogP contribution in [0.2, 0.25) is 0 Å². The predicted octanol–water partition coefficient (Wildman–Crippen LogP) is 15.8. The lowest BCUT2D eigenvalue weighted by Gasteiger charge is -2.24. The van der Waals surface area contributed by atoms with Gasteiger partial charge in [0.1, 0.15) is 6.10 Å². The largest absolute Gasteiger partial charge is 0.462 e. The van der Waals surface area contributed by atoms with Crippen LogP contribution in [0.3, 0.4) is 0 Å². The maximum absolute atomic E-state index is 13.2. The third-order valence-corrected chi connectivity index (χ3v) is 12.0. The number of ether oxygens (including phenoxy) is 1.